The molecular weight excluding hydrogens is 464 g/mol. The van der Waals surface area contributed by atoms with Gasteiger partial charge >= 0.3 is 10.4 Å². The van der Waals surface area contributed by atoms with Crippen LogP contribution in [0, 0.1) is 0 Å². The average Bonchev–Trinajstić information content (AvgIpc) is 2.82. The lowest BCUT2D eigenvalue weighted by atomic mass is 10.1. The van der Waals surface area contributed by atoms with Crippen LogP contribution in [-0.2, 0) is 19.4 Å². The minimum Gasteiger partial charge on any atom is -0.350 e. The highest BCUT2D eigenvalue weighted by molar-refractivity contribution is 7.80. The molecule has 0 atom stereocenters. The fraction of sp³-hybridized carbons (Fsp3) is 0.889. The van der Waals surface area contributed by atoms with Gasteiger partial charge in [0, 0.05) is 6.42 Å². The molecule has 208 valence electrons. The lowest BCUT2D eigenvalue weighted by Crippen LogP contribution is -2.51. The summed E-state index contributed by atoms with van der Waals surface area (Å²) in [4.78, 5) is 12.0. The third-order valence-corrected chi connectivity index (χ3v) is 7.17. The van der Waals surface area contributed by atoms with Crippen molar-refractivity contribution in [2.75, 3.05) is 40.3 Å². The van der Waals surface area contributed by atoms with E-state index in [-0.39, 0.29) is 5.91 Å². The van der Waals surface area contributed by atoms with Gasteiger partial charge in [-0.25, -0.2) is 0 Å². The molecule has 0 spiro atoms. The second-order valence-corrected chi connectivity index (χ2v) is 11.3. The number of likely N-dealkylation sites (N-methyl/N-ethyl adjacent to an activating group) is 1. The number of nitrogens with zero attached hydrogens (tertiary/aromatic N) is 1. The Balaban J connectivity index is 0.00000170. The standard InChI is InChI=1S/C26H50N2O.CH4O4S/c1-3-4-5-6-7-8-9-10-11-12-13-14-15-16-18-21-26(29)27-22-25-28(2)23-19-17-20-24-28;1-5-6(2,3)4/h10-11H,3-9,12-25H2,1-2H3;1H3,(H,2,3,4)/p+1/b11-10+;. The maximum Gasteiger partial charge on any atom is 0.397 e. The Labute approximate surface area is 216 Å². The number of amides is 1. The van der Waals surface area contributed by atoms with Crippen molar-refractivity contribution in [3.63, 3.8) is 0 Å². The Morgan fingerprint density at radius 1 is 0.886 bits per heavy atom. The van der Waals surface area contributed by atoms with Crippen LogP contribution in [0.3, 0.4) is 0 Å². The number of hydrogen-bond acceptors (Lipinski definition) is 4. The van der Waals surface area contributed by atoms with Crippen molar-refractivity contribution in [1.29, 1.82) is 0 Å². The summed E-state index contributed by atoms with van der Waals surface area (Å²) in [7, 11) is -0.949. The maximum absolute atomic E-state index is 12.0. The highest BCUT2D eigenvalue weighted by atomic mass is 32.3. The smallest absolute Gasteiger partial charge is 0.350 e. The van der Waals surface area contributed by atoms with Crippen LogP contribution >= 0.6 is 0 Å². The molecule has 1 aliphatic rings. The van der Waals surface area contributed by atoms with Gasteiger partial charge in [0.2, 0.25) is 5.91 Å². The predicted molar refractivity (Wildman–Crippen MR) is 146 cm³/mol. The first-order valence-electron chi connectivity index (χ1n) is 14.0. The number of carbonyl (C=O) groups is 1. The highest BCUT2D eigenvalue weighted by Crippen LogP contribution is 2.15. The van der Waals surface area contributed by atoms with E-state index < -0.39 is 10.4 Å². The molecule has 0 aromatic rings. The van der Waals surface area contributed by atoms with Crippen molar-refractivity contribution in [3.8, 4) is 0 Å². The fourth-order valence-electron chi connectivity index (χ4n) is 4.41. The molecule has 8 heteroatoms. The second-order valence-electron chi connectivity index (χ2n) is 10.1. The second kappa shape index (κ2) is 22.3. The number of carbonyl (C=O) groups excluding carboxylic acids is 1. The number of quaternary nitrogens is 1. The quantitative estimate of drug-likeness (QED) is 0.0916. The Kier molecular flexibility index (Phi) is 21.6. The molecule has 0 aromatic heterocycles. The number of piperidine rings is 1. The van der Waals surface area contributed by atoms with E-state index in [2.05, 4.69) is 35.6 Å². The van der Waals surface area contributed by atoms with Crippen LogP contribution < -0.4 is 5.32 Å². The van der Waals surface area contributed by atoms with Crippen LogP contribution in [0.2, 0.25) is 0 Å². The zero-order valence-electron chi connectivity index (χ0n) is 22.9. The van der Waals surface area contributed by atoms with Crippen LogP contribution in [0.5, 0.6) is 0 Å². The van der Waals surface area contributed by atoms with Crippen molar-refractivity contribution in [1.82, 2.24) is 5.32 Å². The number of likely N-dealkylation sites (tertiary alicyclic amines) is 1. The molecule has 1 amide bonds. The van der Waals surface area contributed by atoms with Gasteiger partial charge in [-0.1, -0.05) is 70.4 Å². The lowest BCUT2D eigenvalue weighted by molar-refractivity contribution is -0.912. The van der Waals surface area contributed by atoms with E-state index in [0.29, 0.717) is 6.42 Å². The molecule has 0 aromatic carbocycles. The Bertz CT molecular complexity index is 631. The molecule has 35 heavy (non-hydrogen) atoms. The zero-order chi connectivity index (χ0) is 26.3. The van der Waals surface area contributed by atoms with Crippen LogP contribution in [0.25, 0.3) is 0 Å². The van der Waals surface area contributed by atoms with Crippen molar-refractivity contribution >= 4 is 16.3 Å². The number of rotatable bonds is 19. The molecule has 0 aliphatic carbocycles. The SMILES string of the molecule is CCCCCCCC/C=C/CCCCCCCC(=O)NCC[N+]1(C)CCCCC1.COS(=O)(=O)O. The van der Waals surface area contributed by atoms with Crippen molar-refractivity contribution < 1.29 is 26.4 Å². The maximum atomic E-state index is 12.0. The first kappa shape index (κ1) is 34.0. The number of hydrogen-bond donors (Lipinski definition) is 2. The highest BCUT2D eigenvalue weighted by Gasteiger charge is 2.24. The van der Waals surface area contributed by atoms with Crippen LogP contribution in [0.15, 0.2) is 12.2 Å². The van der Waals surface area contributed by atoms with E-state index in [1.807, 2.05) is 0 Å². The van der Waals surface area contributed by atoms with Crippen molar-refractivity contribution in [3.05, 3.63) is 12.2 Å². The third-order valence-electron chi connectivity index (χ3n) is 6.75. The normalized spacial score (nSPS) is 15.5. The van der Waals surface area contributed by atoms with Gasteiger partial charge in [0.15, 0.2) is 0 Å². The summed E-state index contributed by atoms with van der Waals surface area (Å²) in [6.45, 7) is 6.78. The molecule has 1 aliphatic heterocycles. The van der Waals surface area contributed by atoms with Gasteiger partial charge in [-0.15, -0.1) is 0 Å². The molecule has 0 radical (unpaired) electrons. The van der Waals surface area contributed by atoms with Gasteiger partial charge in [0.05, 0.1) is 40.3 Å². The van der Waals surface area contributed by atoms with E-state index in [1.54, 1.807) is 0 Å². The molecule has 1 fully saturated rings. The summed E-state index contributed by atoms with van der Waals surface area (Å²) < 4.78 is 30.9. The Morgan fingerprint density at radius 2 is 1.37 bits per heavy atom. The largest absolute Gasteiger partial charge is 0.397 e. The number of allylic oxidation sites excluding steroid dienone is 2. The van der Waals surface area contributed by atoms with E-state index in [0.717, 1.165) is 31.1 Å². The Morgan fingerprint density at radius 3 is 1.89 bits per heavy atom. The van der Waals surface area contributed by atoms with Crippen molar-refractivity contribution in [2.24, 2.45) is 0 Å². The molecule has 7 nitrogen and oxygen atoms in total. The first-order valence-corrected chi connectivity index (χ1v) is 15.4. The predicted octanol–water partition coefficient (Wildman–Crippen LogP) is 6.21. The van der Waals surface area contributed by atoms with Gasteiger partial charge in [-0.3, -0.25) is 13.5 Å². The number of nitrogens with one attached hydrogen (secondary N) is 1. The minimum absolute atomic E-state index is 0.256. The number of unbranched alkanes of at least 4 members (excludes halogenated alkanes) is 11. The van der Waals surface area contributed by atoms with Gasteiger partial charge < -0.3 is 9.80 Å². The molecular formula is C27H55N2O5S+. The van der Waals surface area contributed by atoms with Gasteiger partial charge in [-0.05, 0) is 51.4 Å². The first-order chi connectivity index (χ1) is 16.7. The van der Waals surface area contributed by atoms with Crippen LogP contribution in [0.4, 0.5) is 0 Å². The molecule has 1 saturated heterocycles. The van der Waals surface area contributed by atoms with Gasteiger partial charge in [0.1, 0.15) is 0 Å². The summed E-state index contributed by atoms with van der Waals surface area (Å²) in [5, 5.41) is 3.14. The topological polar surface area (TPSA) is 92.7 Å². The molecule has 0 bridgehead atoms. The third kappa shape index (κ3) is 24.5. The molecule has 0 unspecified atom stereocenters. The average molecular weight is 520 g/mol. The Hall–Kier alpha value is -0.960. The van der Waals surface area contributed by atoms with E-state index in [4.69, 9.17) is 4.55 Å². The summed E-state index contributed by atoms with van der Waals surface area (Å²) in [5.74, 6) is 0.256. The van der Waals surface area contributed by atoms with E-state index in [9.17, 15) is 13.2 Å². The summed E-state index contributed by atoms with van der Waals surface area (Å²) in [6.07, 6.45) is 26.5. The van der Waals surface area contributed by atoms with Gasteiger partial charge in [-0.2, -0.15) is 8.42 Å². The lowest BCUT2D eigenvalue weighted by Gasteiger charge is -2.37. The van der Waals surface area contributed by atoms with Gasteiger partial charge in [0.25, 0.3) is 0 Å². The molecule has 0 saturated carbocycles. The van der Waals surface area contributed by atoms with E-state index >= 15 is 0 Å². The van der Waals surface area contributed by atoms with E-state index in [1.165, 1.54) is 109 Å². The minimum atomic E-state index is -4.16. The van der Waals surface area contributed by atoms with Crippen LogP contribution in [0.1, 0.15) is 116 Å². The summed E-state index contributed by atoms with van der Waals surface area (Å²) in [6, 6.07) is 0. The molecule has 1 rings (SSSR count). The summed E-state index contributed by atoms with van der Waals surface area (Å²) >= 11 is 0. The molecule has 2 N–H and O–H groups in total. The summed E-state index contributed by atoms with van der Waals surface area (Å²) in [5.41, 5.74) is 0. The van der Waals surface area contributed by atoms with Crippen LogP contribution in [-0.4, -0.2) is 63.7 Å². The van der Waals surface area contributed by atoms with Crippen molar-refractivity contribution in [2.45, 2.75) is 116 Å². The monoisotopic (exact) mass is 519 g/mol. The molecule has 1 heterocycles. The fourth-order valence-corrected chi connectivity index (χ4v) is 4.41. The zero-order valence-corrected chi connectivity index (χ0v) is 23.8.